The van der Waals surface area contributed by atoms with Crippen molar-refractivity contribution < 1.29 is 14.4 Å². The maximum absolute atomic E-state index is 11.1. The Hall–Kier alpha value is -0.900. The Kier molecular flexibility index (Phi) is 1.84. The van der Waals surface area contributed by atoms with Gasteiger partial charge >= 0.3 is 0 Å². The molecule has 1 aliphatic heterocycles. The molecule has 0 aromatic heterocycles. The standard InChI is InChI=1S/C8H11NO3/c10-4-3-9-8(11)5-7(12-9)6-1-2-6/h4,6-7H,1-3,5H2. The first-order valence-electron chi connectivity index (χ1n) is 4.22. The first kappa shape index (κ1) is 7.73. The van der Waals surface area contributed by atoms with Crippen molar-refractivity contribution in [2.24, 2.45) is 5.92 Å². The highest BCUT2D eigenvalue weighted by Crippen LogP contribution is 2.38. The predicted molar refractivity (Wildman–Crippen MR) is 40.0 cm³/mol. The van der Waals surface area contributed by atoms with Gasteiger partial charge in [0.2, 0.25) is 5.91 Å². The lowest BCUT2D eigenvalue weighted by atomic mass is 10.2. The summed E-state index contributed by atoms with van der Waals surface area (Å²) in [6.07, 6.45) is 3.52. The van der Waals surface area contributed by atoms with Crippen LogP contribution in [0.15, 0.2) is 0 Å². The molecule has 1 atom stereocenters. The number of aldehydes is 1. The van der Waals surface area contributed by atoms with Crippen LogP contribution in [-0.2, 0) is 14.4 Å². The van der Waals surface area contributed by atoms with Crippen LogP contribution in [0.25, 0.3) is 0 Å². The van der Waals surface area contributed by atoms with Gasteiger partial charge < -0.3 is 4.79 Å². The van der Waals surface area contributed by atoms with Crippen molar-refractivity contribution in [3.05, 3.63) is 0 Å². The molecule has 0 aromatic carbocycles. The van der Waals surface area contributed by atoms with E-state index in [-0.39, 0.29) is 18.6 Å². The van der Waals surface area contributed by atoms with Gasteiger partial charge in [0.1, 0.15) is 12.8 Å². The molecule has 4 heteroatoms. The number of hydroxylamine groups is 2. The van der Waals surface area contributed by atoms with Gasteiger partial charge in [-0.2, -0.15) is 0 Å². The van der Waals surface area contributed by atoms with Crippen molar-refractivity contribution >= 4 is 12.2 Å². The SMILES string of the molecule is O=CCN1OC(C2CC2)CC1=O. The second kappa shape index (κ2) is 2.86. The van der Waals surface area contributed by atoms with E-state index in [1.54, 1.807) is 0 Å². The molecule has 2 rings (SSSR count). The van der Waals surface area contributed by atoms with Gasteiger partial charge in [0.25, 0.3) is 0 Å². The van der Waals surface area contributed by atoms with Crippen LogP contribution >= 0.6 is 0 Å². The Morgan fingerprint density at radius 3 is 2.92 bits per heavy atom. The fourth-order valence-electron chi connectivity index (χ4n) is 1.47. The van der Waals surface area contributed by atoms with Crippen LogP contribution in [-0.4, -0.2) is 29.9 Å². The number of carbonyl (C=O) groups excluding carboxylic acids is 2. The van der Waals surface area contributed by atoms with Crippen LogP contribution in [0.2, 0.25) is 0 Å². The minimum Gasteiger partial charge on any atom is -0.301 e. The van der Waals surface area contributed by atoms with Crippen molar-refractivity contribution in [3.8, 4) is 0 Å². The zero-order valence-corrected chi connectivity index (χ0v) is 6.73. The largest absolute Gasteiger partial charge is 0.301 e. The van der Waals surface area contributed by atoms with Gasteiger partial charge in [-0.1, -0.05) is 0 Å². The highest BCUT2D eigenvalue weighted by Gasteiger charge is 2.41. The van der Waals surface area contributed by atoms with Crippen molar-refractivity contribution in [2.75, 3.05) is 6.54 Å². The number of rotatable bonds is 3. The number of hydrogen-bond acceptors (Lipinski definition) is 3. The Bertz CT molecular complexity index is 212. The number of nitrogens with zero attached hydrogens (tertiary/aromatic N) is 1. The first-order chi connectivity index (χ1) is 5.81. The third kappa shape index (κ3) is 1.34. The van der Waals surface area contributed by atoms with Gasteiger partial charge in [-0.25, -0.2) is 5.06 Å². The van der Waals surface area contributed by atoms with Crippen molar-refractivity contribution in [1.29, 1.82) is 0 Å². The summed E-state index contributed by atoms with van der Waals surface area (Å²) in [5.41, 5.74) is 0. The summed E-state index contributed by atoms with van der Waals surface area (Å²) in [7, 11) is 0. The topological polar surface area (TPSA) is 46.6 Å². The zero-order chi connectivity index (χ0) is 8.55. The molecule has 0 radical (unpaired) electrons. The van der Waals surface area contributed by atoms with E-state index in [1.807, 2.05) is 0 Å². The highest BCUT2D eigenvalue weighted by molar-refractivity contribution is 5.79. The summed E-state index contributed by atoms with van der Waals surface area (Å²) in [6.45, 7) is 0.0715. The fourth-order valence-corrected chi connectivity index (χ4v) is 1.47. The Morgan fingerprint density at radius 2 is 2.33 bits per heavy atom. The second-order valence-electron chi connectivity index (χ2n) is 3.31. The summed E-state index contributed by atoms with van der Waals surface area (Å²) in [4.78, 5) is 26.6. The molecule has 1 amide bonds. The zero-order valence-electron chi connectivity index (χ0n) is 6.73. The number of hydrogen-bond donors (Lipinski definition) is 0. The molecule has 66 valence electrons. The number of carbonyl (C=O) groups is 2. The smallest absolute Gasteiger partial charge is 0.249 e. The van der Waals surface area contributed by atoms with E-state index < -0.39 is 0 Å². The van der Waals surface area contributed by atoms with E-state index in [0.29, 0.717) is 18.6 Å². The van der Waals surface area contributed by atoms with Gasteiger partial charge in [0.05, 0.1) is 12.5 Å². The first-order valence-corrected chi connectivity index (χ1v) is 4.22. The second-order valence-corrected chi connectivity index (χ2v) is 3.31. The molecule has 12 heavy (non-hydrogen) atoms. The maximum Gasteiger partial charge on any atom is 0.249 e. The Labute approximate surface area is 70.4 Å². The molecule has 2 fully saturated rings. The Balaban J connectivity index is 1.91. The average molecular weight is 169 g/mol. The summed E-state index contributed by atoms with van der Waals surface area (Å²) in [6, 6.07) is 0. The minimum absolute atomic E-state index is 0.0532. The average Bonchev–Trinajstić information content (AvgIpc) is 2.80. The molecule has 1 aliphatic carbocycles. The Morgan fingerprint density at radius 1 is 1.58 bits per heavy atom. The van der Waals surface area contributed by atoms with Crippen molar-refractivity contribution in [2.45, 2.75) is 25.4 Å². The minimum atomic E-state index is -0.0565. The monoisotopic (exact) mass is 169 g/mol. The van der Waals surface area contributed by atoms with Crippen LogP contribution in [0.1, 0.15) is 19.3 Å². The summed E-state index contributed by atoms with van der Waals surface area (Å²) in [5.74, 6) is 0.504. The molecule has 0 aromatic rings. The molecule has 4 nitrogen and oxygen atoms in total. The lowest BCUT2D eigenvalue weighted by molar-refractivity contribution is -0.175. The molecule has 1 saturated carbocycles. The normalized spacial score (nSPS) is 29.5. The summed E-state index contributed by atoms with van der Waals surface area (Å²) >= 11 is 0. The molecule has 2 aliphatic rings. The van der Waals surface area contributed by atoms with E-state index >= 15 is 0 Å². The predicted octanol–water partition coefficient (Wildman–Crippen LogP) is 0.128. The highest BCUT2D eigenvalue weighted by atomic mass is 16.7. The molecule has 0 spiro atoms. The molecule has 1 heterocycles. The van der Waals surface area contributed by atoms with Crippen LogP contribution in [0.3, 0.4) is 0 Å². The lowest BCUT2D eigenvalue weighted by Gasteiger charge is -2.12. The van der Waals surface area contributed by atoms with E-state index in [1.165, 1.54) is 5.06 Å². The molecule has 0 N–H and O–H groups in total. The van der Waals surface area contributed by atoms with Crippen molar-refractivity contribution in [1.82, 2.24) is 5.06 Å². The fraction of sp³-hybridized carbons (Fsp3) is 0.750. The van der Waals surface area contributed by atoms with Gasteiger partial charge in [0.15, 0.2) is 0 Å². The lowest BCUT2D eigenvalue weighted by Crippen LogP contribution is -2.25. The molecule has 1 saturated heterocycles. The van der Waals surface area contributed by atoms with Crippen LogP contribution in [0.5, 0.6) is 0 Å². The molecular weight excluding hydrogens is 158 g/mol. The van der Waals surface area contributed by atoms with E-state index in [9.17, 15) is 9.59 Å². The van der Waals surface area contributed by atoms with Gasteiger partial charge in [-0.3, -0.25) is 9.63 Å². The van der Waals surface area contributed by atoms with E-state index in [2.05, 4.69) is 0 Å². The molecular formula is C8H11NO3. The summed E-state index contributed by atoms with van der Waals surface area (Å²) in [5, 5.41) is 1.18. The maximum atomic E-state index is 11.1. The van der Waals surface area contributed by atoms with Gasteiger partial charge in [0, 0.05) is 0 Å². The van der Waals surface area contributed by atoms with Crippen LogP contribution < -0.4 is 0 Å². The van der Waals surface area contributed by atoms with Gasteiger partial charge in [-0.15, -0.1) is 0 Å². The molecule has 1 unspecified atom stereocenters. The quantitative estimate of drug-likeness (QED) is 0.564. The third-order valence-corrected chi connectivity index (χ3v) is 2.30. The molecule has 0 bridgehead atoms. The van der Waals surface area contributed by atoms with E-state index in [4.69, 9.17) is 4.84 Å². The van der Waals surface area contributed by atoms with Gasteiger partial charge in [-0.05, 0) is 18.8 Å². The van der Waals surface area contributed by atoms with Crippen LogP contribution in [0.4, 0.5) is 0 Å². The summed E-state index contributed by atoms with van der Waals surface area (Å²) < 4.78 is 0. The van der Waals surface area contributed by atoms with Crippen molar-refractivity contribution in [3.63, 3.8) is 0 Å². The van der Waals surface area contributed by atoms with Crippen LogP contribution in [0, 0.1) is 5.92 Å². The number of amides is 1. The third-order valence-electron chi connectivity index (χ3n) is 2.30. The van der Waals surface area contributed by atoms with E-state index in [0.717, 1.165) is 12.8 Å².